The largest absolute Gasteiger partial charge is 0.323 e. The molecular weight excluding hydrogens is 243 g/mol. The van der Waals surface area contributed by atoms with E-state index < -0.39 is 11.9 Å². The normalized spacial score (nSPS) is 12.2. The van der Waals surface area contributed by atoms with Crippen LogP contribution in [0.4, 0.5) is 10.1 Å². The summed E-state index contributed by atoms with van der Waals surface area (Å²) in [7, 11) is 0. The van der Waals surface area contributed by atoms with Gasteiger partial charge in [0.1, 0.15) is 5.82 Å². The molecule has 0 unspecified atom stereocenters. The zero-order valence-corrected chi connectivity index (χ0v) is 10.4. The van der Waals surface area contributed by atoms with E-state index in [1.807, 2.05) is 6.92 Å². The van der Waals surface area contributed by atoms with Crippen LogP contribution in [0.1, 0.15) is 26.2 Å². The lowest BCUT2D eigenvalue weighted by molar-refractivity contribution is -0.117. The van der Waals surface area contributed by atoms with Crippen molar-refractivity contribution in [3.63, 3.8) is 0 Å². The highest BCUT2D eigenvalue weighted by Crippen LogP contribution is 2.22. The van der Waals surface area contributed by atoms with Gasteiger partial charge in [-0.3, -0.25) is 4.79 Å². The summed E-state index contributed by atoms with van der Waals surface area (Å²) in [6, 6.07) is 3.21. The van der Waals surface area contributed by atoms with Crippen LogP contribution in [0.15, 0.2) is 18.2 Å². The van der Waals surface area contributed by atoms with Crippen LogP contribution >= 0.6 is 11.6 Å². The first-order valence-corrected chi connectivity index (χ1v) is 5.94. The third-order valence-corrected chi connectivity index (χ3v) is 2.72. The SMILES string of the molecule is CCCC[C@H](N)C(=O)Nc1cc(F)ccc1Cl. The molecule has 0 aliphatic heterocycles. The van der Waals surface area contributed by atoms with E-state index in [0.717, 1.165) is 12.8 Å². The van der Waals surface area contributed by atoms with Crippen LogP contribution < -0.4 is 11.1 Å². The minimum atomic E-state index is -0.589. The van der Waals surface area contributed by atoms with Crippen molar-refractivity contribution in [1.29, 1.82) is 0 Å². The molecule has 1 rings (SSSR count). The van der Waals surface area contributed by atoms with E-state index in [1.54, 1.807) is 0 Å². The lowest BCUT2D eigenvalue weighted by Crippen LogP contribution is -2.35. The molecule has 0 bridgehead atoms. The summed E-state index contributed by atoms with van der Waals surface area (Å²) in [5.74, 6) is -0.794. The number of rotatable bonds is 5. The second-order valence-electron chi connectivity index (χ2n) is 3.86. The number of carbonyl (C=O) groups is 1. The number of benzene rings is 1. The minimum Gasteiger partial charge on any atom is -0.323 e. The van der Waals surface area contributed by atoms with E-state index in [0.29, 0.717) is 11.4 Å². The number of amides is 1. The summed E-state index contributed by atoms with van der Waals surface area (Å²) < 4.78 is 13.0. The number of hydrogen-bond donors (Lipinski definition) is 2. The van der Waals surface area contributed by atoms with Crippen molar-refractivity contribution in [3.8, 4) is 0 Å². The second kappa shape index (κ2) is 6.57. The number of nitrogens with one attached hydrogen (secondary N) is 1. The monoisotopic (exact) mass is 258 g/mol. The second-order valence-corrected chi connectivity index (χ2v) is 4.27. The molecule has 0 saturated carbocycles. The summed E-state index contributed by atoms with van der Waals surface area (Å²) in [5, 5.41) is 2.82. The molecule has 1 amide bonds. The molecule has 3 nitrogen and oxygen atoms in total. The fourth-order valence-electron chi connectivity index (χ4n) is 1.37. The quantitative estimate of drug-likeness (QED) is 0.853. The fraction of sp³-hybridized carbons (Fsp3) is 0.417. The Morgan fingerprint density at radius 2 is 2.29 bits per heavy atom. The number of nitrogens with two attached hydrogens (primary N) is 1. The molecule has 0 aliphatic rings. The molecule has 1 atom stereocenters. The van der Waals surface area contributed by atoms with E-state index in [9.17, 15) is 9.18 Å². The Morgan fingerprint density at radius 1 is 1.59 bits per heavy atom. The molecule has 0 spiro atoms. The van der Waals surface area contributed by atoms with Gasteiger partial charge in [0.05, 0.1) is 16.8 Å². The lowest BCUT2D eigenvalue weighted by atomic mass is 10.1. The van der Waals surface area contributed by atoms with Gasteiger partial charge in [0, 0.05) is 0 Å². The van der Waals surface area contributed by atoms with Crippen molar-refractivity contribution >= 4 is 23.2 Å². The molecule has 0 aromatic heterocycles. The van der Waals surface area contributed by atoms with Gasteiger partial charge in [0.15, 0.2) is 0 Å². The molecule has 0 saturated heterocycles. The highest BCUT2D eigenvalue weighted by molar-refractivity contribution is 6.33. The van der Waals surface area contributed by atoms with Gasteiger partial charge in [-0.25, -0.2) is 4.39 Å². The van der Waals surface area contributed by atoms with Crippen molar-refractivity contribution in [2.24, 2.45) is 5.73 Å². The van der Waals surface area contributed by atoms with Crippen molar-refractivity contribution in [2.75, 3.05) is 5.32 Å². The fourth-order valence-corrected chi connectivity index (χ4v) is 1.54. The highest BCUT2D eigenvalue weighted by Gasteiger charge is 2.14. The number of unbranched alkanes of at least 4 members (excludes halogenated alkanes) is 1. The summed E-state index contributed by atoms with van der Waals surface area (Å²) in [6.07, 6.45) is 2.46. The van der Waals surface area contributed by atoms with Gasteiger partial charge in [-0.1, -0.05) is 31.4 Å². The first-order chi connectivity index (χ1) is 8.04. The molecule has 5 heteroatoms. The third-order valence-electron chi connectivity index (χ3n) is 2.39. The molecule has 1 aromatic carbocycles. The maximum absolute atomic E-state index is 13.0. The predicted molar refractivity (Wildman–Crippen MR) is 67.5 cm³/mol. The van der Waals surface area contributed by atoms with Crippen molar-refractivity contribution in [1.82, 2.24) is 0 Å². The van der Waals surface area contributed by atoms with E-state index in [-0.39, 0.29) is 11.6 Å². The number of halogens is 2. The Kier molecular flexibility index (Phi) is 5.38. The Hall–Kier alpha value is -1.13. The number of carbonyl (C=O) groups excluding carboxylic acids is 1. The molecule has 0 radical (unpaired) electrons. The lowest BCUT2D eigenvalue weighted by Gasteiger charge is -2.12. The van der Waals surface area contributed by atoms with E-state index >= 15 is 0 Å². The number of anilines is 1. The van der Waals surface area contributed by atoms with Gasteiger partial charge < -0.3 is 11.1 Å². The molecule has 1 aromatic rings. The first-order valence-electron chi connectivity index (χ1n) is 5.56. The van der Waals surface area contributed by atoms with Gasteiger partial charge in [0.2, 0.25) is 5.91 Å². The zero-order chi connectivity index (χ0) is 12.8. The summed E-state index contributed by atoms with van der Waals surface area (Å²) in [5.41, 5.74) is 5.94. The maximum Gasteiger partial charge on any atom is 0.241 e. The van der Waals surface area contributed by atoms with Crippen LogP contribution in [-0.2, 0) is 4.79 Å². The molecule has 17 heavy (non-hydrogen) atoms. The molecule has 0 aliphatic carbocycles. The van der Waals surface area contributed by atoms with Crippen LogP contribution in [0.25, 0.3) is 0 Å². The average molecular weight is 259 g/mol. The Balaban J connectivity index is 2.64. The molecule has 94 valence electrons. The van der Waals surface area contributed by atoms with E-state index in [1.165, 1.54) is 18.2 Å². The van der Waals surface area contributed by atoms with Crippen LogP contribution in [0, 0.1) is 5.82 Å². The molecule has 3 N–H and O–H groups in total. The topological polar surface area (TPSA) is 55.1 Å². The molecule has 0 fully saturated rings. The van der Waals surface area contributed by atoms with Gasteiger partial charge in [-0.05, 0) is 24.6 Å². The van der Waals surface area contributed by atoms with Crippen molar-refractivity contribution in [3.05, 3.63) is 29.0 Å². The molecule has 0 heterocycles. The standard InChI is InChI=1S/C12H16ClFN2O/c1-2-3-4-10(15)12(17)16-11-7-8(14)5-6-9(11)13/h5-7,10H,2-4,15H2,1H3,(H,16,17)/t10-/m0/s1. The van der Waals surface area contributed by atoms with Crippen LogP contribution in [0.3, 0.4) is 0 Å². The Labute approximate surface area is 105 Å². The van der Waals surface area contributed by atoms with Crippen LogP contribution in [0.5, 0.6) is 0 Å². The van der Waals surface area contributed by atoms with E-state index in [2.05, 4.69) is 5.32 Å². The van der Waals surface area contributed by atoms with Gasteiger partial charge in [0.25, 0.3) is 0 Å². The smallest absolute Gasteiger partial charge is 0.241 e. The molecular formula is C12H16ClFN2O. The maximum atomic E-state index is 13.0. The van der Waals surface area contributed by atoms with Gasteiger partial charge in [-0.15, -0.1) is 0 Å². The van der Waals surface area contributed by atoms with Crippen molar-refractivity contribution < 1.29 is 9.18 Å². The zero-order valence-electron chi connectivity index (χ0n) is 9.67. The summed E-state index contributed by atoms with van der Waals surface area (Å²) >= 11 is 5.83. The predicted octanol–water partition coefficient (Wildman–Crippen LogP) is 2.94. The van der Waals surface area contributed by atoms with Gasteiger partial charge >= 0.3 is 0 Å². The van der Waals surface area contributed by atoms with Gasteiger partial charge in [-0.2, -0.15) is 0 Å². The highest BCUT2D eigenvalue weighted by atomic mass is 35.5. The van der Waals surface area contributed by atoms with Crippen molar-refractivity contribution in [2.45, 2.75) is 32.2 Å². The Bertz CT molecular complexity index is 398. The van der Waals surface area contributed by atoms with E-state index in [4.69, 9.17) is 17.3 Å². The minimum absolute atomic E-state index is 0.253. The number of hydrogen-bond acceptors (Lipinski definition) is 2. The Morgan fingerprint density at radius 3 is 2.94 bits per heavy atom. The third kappa shape index (κ3) is 4.32. The summed E-state index contributed by atoms with van der Waals surface area (Å²) in [6.45, 7) is 2.02. The first kappa shape index (κ1) is 13.9. The average Bonchev–Trinajstić information content (AvgIpc) is 2.30. The van der Waals surface area contributed by atoms with Crippen LogP contribution in [-0.4, -0.2) is 11.9 Å². The summed E-state index contributed by atoms with van der Waals surface area (Å²) in [4.78, 5) is 11.7. The van der Waals surface area contributed by atoms with Crippen LogP contribution in [0.2, 0.25) is 5.02 Å².